The molecule has 2 aliphatic rings. The van der Waals surface area contributed by atoms with E-state index >= 15 is 0 Å². The Balaban J connectivity index is 1.50. The Hall–Kier alpha value is -2.72. The first kappa shape index (κ1) is 17.4. The molecule has 0 unspecified atom stereocenters. The largest absolute Gasteiger partial charge is 0.338 e. The highest BCUT2D eigenvalue weighted by atomic mass is 16.2. The van der Waals surface area contributed by atoms with Gasteiger partial charge in [0.15, 0.2) is 0 Å². The SMILES string of the molecule is NC[C@@H]1CN(C(=O)c2cc(C3CC3)nc3ccccc23)C[C@H]1c1ccccc1. The molecule has 1 aliphatic carbocycles. The molecular weight excluding hydrogens is 346 g/mol. The Bertz CT molecular complexity index is 1010. The normalized spacial score (nSPS) is 22.0. The highest BCUT2D eigenvalue weighted by molar-refractivity contribution is 6.06. The zero-order valence-corrected chi connectivity index (χ0v) is 15.9. The second kappa shape index (κ2) is 7.02. The topological polar surface area (TPSA) is 59.2 Å². The number of hydrogen-bond donors (Lipinski definition) is 1. The van der Waals surface area contributed by atoms with Gasteiger partial charge >= 0.3 is 0 Å². The van der Waals surface area contributed by atoms with Crippen molar-refractivity contribution in [2.24, 2.45) is 11.7 Å². The van der Waals surface area contributed by atoms with Gasteiger partial charge in [-0.15, -0.1) is 0 Å². The average molecular weight is 371 g/mol. The molecule has 2 N–H and O–H groups in total. The van der Waals surface area contributed by atoms with E-state index in [4.69, 9.17) is 10.7 Å². The van der Waals surface area contributed by atoms with E-state index in [2.05, 4.69) is 24.3 Å². The molecule has 28 heavy (non-hydrogen) atoms. The van der Waals surface area contributed by atoms with Crippen molar-refractivity contribution >= 4 is 16.8 Å². The van der Waals surface area contributed by atoms with Crippen LogP contribution in [0.4, 0.5) is 0 Å². The number of pyridine rings is 1. The van der Waals surface area contributed by atoms with Gasteiger partial charge in [-0.2, -0.15) is 0 Å². The van der Waals surface area contributed by atoms with Gasteiger partial charge in [-0.1, -0.05) is 48.5 Å². The van der Waals surface area contributed by atoms with Crippen molar-refractivity contribution < 1.29 is 4.79 Å². The first-order valence-corrected chi connectivity index (χ1v) is 10.2. The van der Waals surface area contributed by atoms with Gasteiger partial charge in [0.1, 0.15) is 0 Å². The number of amides is 1. The van der Waals surface area contributed by atoms with Crippen LogP contribution < -0.4 is 5.73 Å². The van der Waals surface area contributed by atoms with Crippen LogP contribution in [0.5, 0.6) is 0 Å². The van der Waals surface area contributed by atoms with Crippen molar-refractivity contribution in [2.45, 2.75) is 24.7 Å². The molecule has 0 bridgehead atoms. The Morgan fingerprint density at radius 3 is 2.54 bits per heavy atom. The van der Waals surface area contributed by atoms with E-state index in [0.717, 1.165) is 28.7 Å². The summed E-state index contributed by atoms with van der Waals surface area (Å²) < 4.78 is 0. The predicted molar refractivity (Wildman–Crippen MR) is 111 cm³/mol. The molecule has 1 aliphatic heterocycles. The maximum atomic E-state index is 13.6. The van der Waals surface area contributed by atoms with E-state index in [-0.39, 0.29) is 5.91 Å². The van der Waals surface area contributed by atoms with Crippen LogP contribution >= 0.6 is 0 Å². The summed E-state index contributed by atoms with van der Waals surface area (Å²) >= 11 is 0. The Morgan fingerprint density at radius 1 is 1.04 bits per heavy atom. The summed E-state index contributed by atoms with van der Waals surface area (Å²) in [6.07, 6.45) is 2.35. The monoisotopic (exact) mass is 371 g/mol. The molecule has 1 aromatic heterocycles. The van der Waals surface area contributed by atoms with Crippen molar-refractivity contribution in [3.63, 3.8) is 0 Å². The van der Waals surface area contributed by atoms with Crippen LogP contribution in [0.1, 0.15) is 46.3 Å². The molecule has 1 saturated carbocycles. The van der Waals surface area contributed by atoms with Gasteiger partial charge < -0.3 is 10.6 Å². The molecule has 2 aromatic carbocycles. The smallest absolute Gasteiger partial charge is 0.254 e. The number of rotatable bonds is 4. The maximum absolute atomic E-state index is 13.6. The van der Waals surface area contributed by atoms with Crippen LogP contribution in [0, 0.1) is 5.92 Å². The van der Waals surface area contributed by atoms with Crippen molar-refractivity contribution in [3.8, 4) is 0 Å². The highest BCUT2D eigenvalue weighted by Gasteiger charge is 2.36. The summed E-state index contributed by atoms with van der Waals surface area (Å²) in [4.78, 5) is 20.4. The molecule has 2 atom stereocenters. The van der Waals surface area contributed by atoms with Crippen LogP contribution in [0.15, 0.2) is 60.7 Å². The van der Waals surface area contributed by atoms with E-state index in [1.54, 1.807) is 0 Å². The number of carbonyl (C=O) groups excluding carboxylic acids is 1. The van der Waals surface area contributed by atoms with Gasteiger partial charge in [0.2, 0.25) is 0 Å². The highest BCUT2D eigenvalue weighted by Crippen LogP contribution is 2.41. The quantitative estimate of drug-likeness (QED) is 0.756. The number of benzene rings is 2. The zero-order valence-electron chi connectivity index (χ0n) is 15.9. The Labute approximate surface area is 165 Å². The predicted octanol–water partition coefficient (Wildman–Crippen LogP) is 3.93. The summed E-state index contributed by atoms with van der Waals surface area (Å²) in [6.45, 7) is 2.03. The fourth-order valence-corrected chi connectivity index (χ4v) is 4.49. The lowest BCUT2D eigenvalue weighted by atomic mass is 9.89. The number of likely N-dealkylation sites (tertiary alicyclic amines) is 1. The standard InChI is InChI=1S/C24H25N3O/c25-13-18-14-27(15-21(18)16-6-2-1-3-7-16)24(28)20-12-23(17-10-11-17)26-22-9-5-4-8-19(20)22/h1-9,12,17-18,21H,10-11,13-15,25H2/t18-,21+/m1/s1. The van der Waals surface area contributed by atoms with Gasteiger partial charge in [0.05, 0.1) is 11.1 Å². The lowest BCUT2D eigenvalue weighted by Crippen LogP contribution is -2.30. The third kappa shape index (κ3) is 3.08. The van der Waals surface area contributed by atoms with Crippen molar-refractivity contribution in [3.05, 3.63) is 77.5 Å². The molecule has 1 amide bonds. The maximum Gasteiger partial charge on any atom is 0.254 e. The number of nitrogens with zero attached hydrogens (tertiary/aromatic N) is 2. The summed E-state index contributed by atoms with van der Waals surface area (Å²) in [7, 11) is 0. The Morgan fingerprint density at radius 2 is 1.79 bits per heavy atom. The molecule has 0 radical (unpaired) electrons. The lowest BCUT2D eigenvalue weighted by Gasteiger charge is -2.18. The first-order valence-electron chi connectivity index (χ1n) is 10.2. The minimum Gasteiger partial charge on any atom is -0.338 e. The minimum absolute atomic E-state index is 0.109. The zero-order chi connectivity index (χ0) is 19.1. The fourth-order valence-electron chi connectivity index (χ4n) is 4.49. The third-order valence-electron chi connectivity index (χ3n) is 6.22. The summed E-state index contributed by atoms with van der Waals surface area (Å²) in [5.41, 5.74) is 10.1. The molecule has 4 heteroatoms. The molecule has 142 valence electrons. The number of fused-ring (bicyclic) bond motifs is 1. The lowest BCUT2D eigenvalue weighted by molar-refractivity contribution is 0.0788. The molecule has 4 nitrogen and oxygen atoms in total. The van der Waals surface area contributed by atoms with Crippen LogP contribution in [-0.4, -0.2) is 35.4 Å². The second-order valence-electron chi connectivity index (χ2n) is 8.11. The number of aromatic nitrogens is 1. The van der Waals surface area contributed by atoms with Crippen molar-refractivity contribution in [1.29, 1.82) is 0 Å². The molecule has 3 aromatic rings. The second-order valence-corrected chi connectivity index (χ2v) is 8.11. The van der Waals surface area contributed by atoms with Gasteiger partial charge in [-0.3, -0.25) is 9.78 Å². The van der Waals surface area contributed by atoms with Gasteiger partial charge in [0.25, 0.3) is 5.91 Å². The Kier molecular flexibility index (Phi) is 4.36. The van der Waals surface area contributed by atoms with Crippen LogP contribution in [0.3, 0.4) is 0 Å². The molecule has 1 saturated heterocycles. The number of para-hydroxylation sites is 1. The third-order valence-corrected chi connectivity index (χ3v) is 6.22. The molecule has 2 heterocycles. The summed E-state index contributed by atoms with van der Waals surface area (Å²) in [5, 5.41) is 0.948. The van der Waals surface area contributed by atoms with Crippen molar-refractivity contribution in [2.75, 3.05) is 19.6 Å². The molecule has 2 fully saturated rings. The number of nitrogens with two attached hydrogens (primary N) is 1. The van der Waals surface area contributed by atoms with E-state index in [0.29, 0.717) is 30.8 Å². The van der Waals surface area contributed by atoms with Gasteiger partial charge in [0, 0.05) is 36.0 Å². The van der Waals surface area contributed by atoms with Crippen LogP contribution in [0.25, 0.3) is 10.9 Å². The average Bonchev–Trinajstić information content (AvgIpc) is 3.51. The van der Waals surface area contributed by atoms with E-state index in [1.165, 1.54) is 18.4 Å². The van der Waals surface area contributed by atoms with E-state index in [9.17, 15) is 4.79 Å². The summed E-state index contributed by atoms with van der Waals surface area (Å²) in [6, 6.07) is 20.5. The van der Waals surface area contributed by atoms with Crippen molar-refractivity contribution in [1.82, 2.24) is 9.88 Å². The van der Waals surface area contributed by atoms with E-state index in [1.807, 2.05) is 41.3 Å². The minimum atomic E-state index is 0.109. The number of carbonyl (C=O) groups is 1. The molecular formula is C24H25N3O. The fraction of sp³-hybridized carbons (Fsp3) is 0.333. The van der Waals surface area contributed by atoms with Crippen LogP contribution in [0.2, 0.25) is 0 Å². The van der Waals surface area contributed by atoms with Gasteiger partial charge in [-0.05, 0) is 43.0 Å². The molecule has 5 rings (SSSR count). The first-order chi connectivity index (χ1) is 13.7. The summed E-state index contributed by atoms with van der Waals surface area (Å²) in [5.74, 6) is 1.22. The molecule has 0 spiro atoms. The number of hydrogen-bond acceptors (Lipinski definition) is 3. The van der Waals surface area contributed by atoms with Gasteiger partial charge in [-0.25, -0.2) is 0 Å². The van der Waals surface area contributed by atoms with Crippen LogP contribution in [-0.2, 0) is 0 Å². The van der Waals surface area contributed by atoms with E-state index < -0.39 is 0 Å².